The highest BCUT2D eigenvalue weighted by atomic mass is 16.5. The summed E-state index contributed by atoms with van der Waals surface area (Å²) in [6.07, 6.45) is -0.371. The van der Waals surface area contributed by atoms with Crippen LogP contribution < -0.4 is 10.6 Å². The average Bonchev–Trinajstić information content (AvgIpc) is 3.22. The molecule has 27 heavy (non-hydrogen) atoms. The number of methoxy groups -OCH3 is 1. The second-order valence-electron chi connectivity index (χ2n) is 7.40. The van der Waals surface area contributed by atoms with Crippen LogP contribution in [0.15, 0.2) is 24.3 Å². The number of rotatable bonds is 5. The summed E-state index contributed by atoms with van der Waals surface area (Å²) in [5.74, 6) is -2.73. The van der Waals surface area contributed by atoms with Crippen molar-refractivity contribution in [2.24, 2.45) is 11.8 Å². The normalized spacial score (nSPS) is 32.8. The van der Waals surface area contributed by atoms with Crippen molar-refractivity contribution in [3.05, 3.63) is 29.8 Å². The van der Waals surface area contributed by atoms with Crippen LogP contribution in [0.2, 0.25) is 0 Å². The molecule has 2 fully saturated rings. The van der Waals surface area contributed by atoms with E-state index in [0.29, 0.717) is 24.3 Å². The molecule has 0 bridgehead atoms. The van der Waals surface area contributed by atoms with E-state index in [1.165, 1.54) is 4.90 Å². The van der Waals surface area contributed by atoms with Gasteiger partial charge in [0.2, 0.25) is 17.7 Å². The molecule has 3 heterocycles. The van der Waals surface area contributed by atoms with Gasteiger partial charge in [0.1, 0.15) is 5.54 Å². The second-order valence-corrected chi connectivity index (χ2v) is 7.40. The third-order valence-corrected chi connectivity index (χ3v) is 5.90. The third kappa shape index (κ3) is 2.37. The number of aliphatic hydroxyl groups is 1. The number of hydrogen-bond acceptors (Lipinski definition) is 6. The van der Waals surface area contributed by atoms with Gasteiger partial charge in [-0.1, -0.05) is 18.2 Å². The lowest BCUT2D eigenvalue weighted by Gasteiger charge is -2.30. The Morgan fingerprint density at radius 1 is 1.26 bits per heavy atom. The van der Waals surface area contributed by atoms with E-state index in [-0.39, 0.29) is 24.3 Å². The first kappa shape index (κ1) is 18.1. The Morgan fingerprint density at radius 3 is 2.70 bits per heavy atom. The van der Waals surface area contributed by atoms with Gasteiger partial charge < -0.3 is 15.2 Å². The molecule has 0 aliphatic carbocycles. The molecule has 5 atom stereocenters. The van der Waals surface area contributed by atoms with Gasteiger partial charge in [0.25, 0.3) is 0 Å². The SMILES string of the molecule is COCCCN1C(=O)[C@@H]2[C@H]([C@H](C)O)N[C@@]3(C(=O)Nc4ccccc43)[C@@H]2C1=O. The number of aliphatic hydroxyl groups excluding tert-OH is 1. The molecule has 3 N–H and O–H groups in total. The monoisotopic (exact) mass is 373 g/mol. The van der Waals surface area contributed by atoms with Crippen LogP contribution in [-0.2, 0) is 24.7 Å². The van der Waals surface area contributed by atoms with Gasteiger partial charge >= 0.3 is 0 Å². The van der Waals surface area contributed by atoms with E-state index in [0.717, 1.165) is 0 Å². The third-order valence-electron chi connectivity index (χ3n) is 5.90. The maximum atomic E-state index is 13.2. The molecule has 0 aromatic heterocycles. The maximum absolute atomic E-state index is 13.2. The summed E-state index contributed by atoms with van der Waals surface area (Å²) < 4.78 is 5.02. The summed E-state index contributed by atoms with van der Waals surface area (Å²) in [4.78, 5) is 40.5. The van der Waals surface area contributed by atoms with E-state index < -0.39 is 29.5 Å². The number of amides is 3. The molecule has 3 aliphatic rings. The van der Waals surface area contributed by atoms with Gasteiger partial charge in [-0.2, -0.15) is 0 Å². The van der Waals surface area contributed by atoms with E-state index in [9.17, 15) is 19.5 Å². The fraction of sp³-hybridized carbons (Fsp3) is 0.526. The topological polar surface area (TPSA) is 108 Å². The van der Waals surface area contributed by atoms with Crippen molar-refractivity contribution < 1.29 is 24.2 Å². The summed E-state index contributed by atoms with van der Waals surface area (Å²) in [6, 6.07) is 6.47. The zero-order valence-electron chi connectivity index (χ0n) is 15.3. The minimum Gasteiger partial charge on any atom is -0.392 e. The van der Waals surface area contributed by atoms with E-state index in [1.807, 2.05) is 0 Å². The van der Waals surface area contributed by atoms with Crippen molar-refractivity contribution >= 4 is 23.4 Å². The number of carbonyl (C=O) groups is 3. The van der Waals surface area contributed by atoms with Gasteiger partial charge in [0.05, 0.1) is 17.9 Å². The molecule has 2 saturated heterocycles. The summed E-state index contributed by atoms with van der Waals surface area (Å²) >= 11 is 0. The number of nitrogens with zero attached hydrogens (tertiary/aromatic N) is 1. The molecule has 3 amide bonds. The molecule has 8 nitrogen and oxygen atoms in total. The van der Waals surface area contributed by atoms with Crippen molar-refractivity contribution in [2.75, 3.05) is 25.6 Å². The molecule has 144 valence electrons. The molecule has 8 heteroatoms. The fourth-order valence-corrected chi connectivity index (χ4v) is 4.75. The summed E-state index contributed by atoms with van der Waals surface area (Å²) in [5.41, 5.74) is -0.0720. The predicted octanol–water partition coefficient (Wildman–Crippen LogP) is -0.176. The van der Waals surface area contributed by atoms with Gasteiger partial charge in [-0.05, 0) is 19.4 Å². The highest BCUT2D eigenvalue weighted by molar-refractivity contribution is 6.15. The molecule has 4 rings (SSSR count). The van der Waals surface area contributed by atoms with Crippen LogP contribution in [0.4, 0.5) is 5.69 Å². The first-order valence-electron chi connectivity index (χ1n) is 9.14. The number of imide groups is 1. The lowest BCUT2D eigenvalue weighted by molar-refractivity contribution is -0.143. The number of ether oxygens (including phenoxy) is 1. The number of likely N-dealkylation sites (tertiary alicyclic amines) is 1. The van der Waals surface area contributed by atoms with Crippen LogP contribution in [0.25, 0.3) is 0 Å². The van der Waals surface area contributed by atoms with Crippen molar-refractivity contribution in [3.8, 4) is 0 Å². The number of anilines is 1. The summed E-state index contributed by atoms with van der Waals surface area (Å²) in [7, 11) is 1.56. The number of hydrogen-bond donors (Lipinski definition) is 3. The van der Waals surface area contributed by atoms with Crippen molar-refractivity contribution in [1.82, 2.24) is 10.2 Å². The van der Waals surface area contributed by atoms with Gasteiger partial charge in [-0.3, -0.25) is 24.6 Å². The first-order valence-corrected chi connectivity index (χ1v) is 9.14. The minimum absolute atomic E-state index is 0.240. The van der Waals surface area contributed by atoms with Crippen LogP contribution in [-0.4, -0.2) is 60.1 Å². The number of benzene rings is 1. The molecule has 0 radical (unpaired) electrons. The summed E-state index contributed by atoms with van der Waals surface area (Å²) in [6.45, 7) is 2.24. The Kier molecular flexibility index (Phi) is 4.29. The van der Waals surface area contributed by atoms with Gasteiger partial charge in [-0.15, -0.1) is 0 Å². The molecular weight excluding hydrogens is 350 g/mol. The molecule has 1 aromatic rings. The zero-order chi connectivity index (χ0) is 19.3. The Balaban J connectivity index is 1.79. The van der Waals surface area contributed by atoms with E-state index >= 15 is 0 Å². The average molecular weight is 373 g/mol. The lowest BCUT2D eigenvalue weighted by Crippen LogP contribution is -2.54. The van der Waals surface area contributed by atoms with Gasteiger partial charge in [0.15, 0.2) is 0 Å². The van der Waals surface area contributed by atoms with Crippen molar-refractivity contribution in [1.29, 1.82) is 0 Å². The van der Waals surface area contributed by atoms with Crippen molar-refractivity contribution in [3.63, 3.8) is 0 Å². The van der Waals surface area contributed by atoms with Crippen LogP contribution in [0.1, 0.15) is 18.9 Å². The standard InChI is InChI=1S/C19H23N3O5/c1-10(23)15-13-14(17(25)22(16(13)24)8-5-9-27-2)19(21-15)11-6-3-4-7-12(11)20-18(19)26/h3-4,6-7,10,13-15,21,23H,5,8-9H2,1-2H3,(H,20,26)/t10-,13-,14-,15-,19+/m0/s1. The highest BCUT2D eigenvalue weighted by Gasteiger charge is 2.70. The molecule has 1 spiro atoms. The highest BCUT2D eigenvalue weighted by Crippen LogP contribution is 2.53. The Morgan fingerprint density at radius 2 is 2.00 bits per heavy atom. The Hall–Kier alpha value is -2.29. The summed E-state index contributed by atoms with van der Waals surface area (Å²) in [5, 5.41) is 16.3. The first-order chi connectivity index (χ1) is 12.9. The van der Waals surface area contributed by atoms with E-state index in [1.54, 1.807) is 38.3 Å². The zero-order valence-corrected chi connectivity index (χ0v) is 15.3. The van der Waals surface area contributed by atoms with E-state index in [2.05, 4.69) is 10.6 Å². The van der Waals surface area contributed by atoms with Crippen molar-refractivity contribution in [2.45, 2.75) is 31.0 Å². The van der Waals surface area contributed by atoms with Crippen LogP contribution in [0, 0.1) is 11.8 Å². The number of carbonyl (C=O) groups excluding carboxylic acids is 3. The van der Waals surface area contributed by atoms with Crippen LogP contribution >= 0.6 is 0 Å². The fourth-order valence-electron chi connectivity index (χ4n) is 4.75. The molecule has 1 aromatic carbocycles. The van der Waals surface area contributed by atoms with Crippen LogP contribution in [0.5, 0.6) is 0 Å². The number of fused-ring (bicyclic) bond motifs is 4. The van der Waals surface area contributed by atoms with E-state index in [4.69, 9.17) is 4.74 Å². The molecule has 0 saturated carbocycles. The predicted molar refractivity (Wildman–Crippen MR) is 95.5 cm³/mol. The van der Waals surface area contributed by atoms with Crippen LogP contribution in [0.3, 0.4) is 0 Å². The van der Waals surface area contributed by atoms with Gasteiger partial charge in [0, 0.05) is 37.6 Å². The molecule has 3 aliphatic heterocycles. The van der Waals surface area contributed by atoms with Gasteiger partial charge in [-0.25, -0.2) is 0 Å². The Labute approximate surface area is 156 Å². The molecular formula is C19H23N3O5. The quantitative estimate of drug-likeness (QED) is 0.488. The lowest BCUT2D eigenvalue weighted by atomic mass is 9.76. The largest absolute Gasteiger partial charge is 0.392 e. The maximum Gasteiger partial charge on any atom is 0.250 e. The number of nitrogens with one attached hydrogen (secondary N) is 2. The second kappa shape index (κ2) is 6.40. The minimum atomic E-state index is -1.34. The molecule has 0 unspecified atom stereocenters. The number of para-hydroxylation sites is 1. The smallest absolute Gasteiger partial charge is 0.250 e. The Bertz CT molecular complexity index is 810.